The number of carbonyl (C=O) groups is 2. The smallest absolute Gasteiger partial charge is 0.337 e. The molecule has 0 fully saturated rings. The van der Waals surface area contributed by atoms with Gasteiger partial charge < -0.3 is 14.4 Å². The second-order valence-corrected chi connectivity index (χ2v) is 6.81. The van der Waals surface area contributed by atoms with Crippen molar-refractivity contribution in [3.63, 3.8) is 0 Å². The molecule has 2 aromatic carbocycles. The first-order valence-corrected chi connectivity index (χ1v) is 9.15. The minimum atomic E-state index is -0.383. The molecule has 0 radical (unpaired) electrons. The summed E-state index contributed by atoms with van der Waals surface area (Å²) in [6.07, 6.45) is 0.936. The summed E-state index contributed by atoms with van der Waals surface area (Å²) in [6, 6.07) is 12.0. The Hall–Kier alpha value is -2.24. The lowest BCUT2D eigenvalue weighted by Gasteiger charge is -2.17. The van der Waals surface area contributed by atoms with Crippen molar-refractivity contribution >= 4 is 35.1 Å². The van der Waals surface area contributed by atoms with Gasteiger partial charge in [0.25, 0.3) is 0 Å². The molecule has 27 heavy (non-hydrogen) atoms. The highest BCUT2D eigenvalue weighted by atomic mass is 35.5. The van der Waals surface area contributed by atoms with Crippen molar-refractivity contribution in [3.05, 3.63) is 63.6 Å². The molecule has 0 N–H and O–H groups in total. The molecule has 0 unspecified atom stereocenters. The van der Waals surface area contributed by atoms with E-state index >= 15 is 0 Å². The summed E-state index contributed by atoms with van der Waals surface area (Å²) in [5.74, 6) is 0.178. The molecule has 144 valence electrons. The molecule has 7 heteroatoms. The Bertz CT molecular complexity index is 793. The van der Waals surface area contributed by atoms with E-state index < -0.39 is 0 Å². The van der Waals surface area contributed by atoms with Crippen LogP contribution in [0.1, 0.15) is 28.8 Å². The summed E-state index contributed by atoms with van der Waals surface area (Å²) >= 11 is 11.9. The van der Waals surface area contributed by atoms with E-state index in [4.69, 9.17) is 27.9 Å². The van der Waals surface area contributed by atoms with Gasteiger partial charge in [-0.05, 0) is 42.3 Å². The Labute approximate surface area is 168 Å². The van der Waals surface area contributed by atoms with Crippen LogP contribution in [0.5, 0.6) is 5.75 Å². The zero-order valence-corrected chi connectivity index (χ0v) is 16.7. The van der Waals surface area contributed by atoms with Crippen LogP contribution < -0.4 is 4.74 Å². The van der Waals surface area contributed by atoms with Crippen molar-refractivity contribution in [2.75, 3.05) is 20.8 Å². The lowest BCUT2D eigenvalue weighted by molar-refractivity contribution is -0.130. The van der Waals surface area contributed by atoms with Gasteiger partial charge in [0.15, 0.2) is 0 Å². The minimum absolute atomic E-state index is 0.0119. The number of hydrogen-bond acceptors (Lipinski definition) is 4. The van der Waals surface area contributed by atoms with Crippen LogP contribution in [0.25, 0.3) is 0 Å². The van der Waals surface area contributed by atoms with Crippen molar-refractivity contribution in [1.82, 2.24) is 4.90 Å². The third-order valence-corrected chi connectivity index (χ3v) is 4.44. The fraction of sp³-hybridized carbons (Fsp3) is 0.300. The number of carbonyl (C=O) groups excluding carboxylic acids is 2. The highest BCUT2D eigenvalue weighted by Gasteiger charge is 2.11. The quantitative estimate of drug-likeness (QED) is 0.472. The molecular weight excluding hydrogens is 389 g/mol. The van der Waals surface area contributed by atoms with E-state index in [-0.39, 0.29) is 11.9 Å². The van der Waals surface area contributed by atoms with Gasteiger partial charge in [-0.2, -0.15) is 0 Å². The number of halogens is 2. The van der Waals surface area contributed by atoms with E-state index in [1.165, 1.54) is 7.11 Å². The monoisotopic (exact) mass is 409 g/mol. The molecule has 0 aliphatic heterocycles. The number of hydrogen-bond donors (Lipinski definition) is 0. The van der Waals surface area contributed by atoms with Crippen molar-refractivity contribution in [2.24, 2.45) is 0 Å². The second-order valence-electron chi connectivity index (χ2n) is 5.97. The lowest BCUT2D eigenvalue weighted by Crippen LogP contribution is -2.26. The number of amides is 1. The van der Waals surface area contributed by atoms with E-state index in [0.29, 0.717) is 47.4 Å². The van der Waals surface area contributed by atoms with Crippen LogP contribution in [0.4, 0.5) is 0 Å². The molecule has 1 amide bonds. The number of benzene rings is 2. The summed E-state index contributed by atoms with van der Waals surface area (Å²) in [5.41, 5.74) is 1.41. The molecule has 5 nitrogen and oxygen atoms in total. The molecule has 0 aromatic heterocycles. The first kappa shape index (κ1) is 21.1. The van der Waals surface area contributed by atoms with Crippen LogP contribution in [0, 0.1) is 0 Å². The molecule has 0 spiro atoms. The standard InChI is InChI=1S/C20H21Cl2NO4/c1-23(13-14-5-7-15(8-6-14)20(25)26-2)19(24)4-3-11-27-18-10-9-16(21)12-17(18)22/h5-10,12H,3-4,11,13H2,1-2H3. The molecule has 0 aliphatic rings. The molecule has 0 saturated carbocycles. The summed E-state index contributed by atoms with van der Waals surface area (Å²) in [4.78, 5) is 25.3. The number of methoxy groups -OCH3 is 1. The van der Waals surface area contributed by atoms with Gasteiger partial charge in [-0.3, -0.25) is 4.79 Å². The Morgan fingerprint density at radius 2 is 1.78 bits per heavy atom. The van der Waals surface area contributed by atoms with Crippen molar-refractivity contribution in [2.45, 2.75) is 19.4 Å². The summed E-state index contributed by atoms with van der Waals surface area (Å²) in [5, 5.41) is 0.991. The highest BCUT2D eigenvalue weighted by Crippen LogP contribution is 2.27. The summed E-state index contributed by atoms with van der Waals surface area (Å²) < 4.78 is 10.2. The number of ether oxygens (including phenoxy) is 2. The largest absolute Gasteiger partial charge is 0.492 e. The highest BCUT2D eigenvalue weighted by molar-refractivity contribution is 6.35. The minimum Gasteiger partial charge on any atom is -0.492 e. The first-order valence-electron chi connectivity index (χ1n) is 8.39. The van der Waals surface area contributed by atoms with E-state index in [0.717, 1.165) is 5.56 Å². The third kappa shape index (κ3) is 6.45. The van der Waals surface area contributed by atoms with Crippen LogP contribution in [-0.4, -0.2) is 37.5 Å². The summed E-state index contributed by atoms with van der Waals surface area (Å²) in [6.45, 7) is 0.846. The summed E-state index contributed by atoms with van der Waals surface area (Å²) in [7, 11) is 3.08. The lowest BCUT2D eigenvalue weighted by atomic mass is 10.1. The normalized spacial score (nSPS) is 10.4. The zero-order chi connectivity index (χ0) is 19.8. The Morgan fingerprint density at radius 1 is 1.07 bits per heavy atom. The van der Waals surface area contributed by atoms with Gasteiger partial charge in [-0.1, -0.05) is 35.3 Å². The number of esters is 1. The van der Waals surface area contributed by atoms with Gasteiger partial charge in [0.2, 0.25) is 5.91 Å². The van der Waals surface area contributed by atoms with Gasteiger partial charge in [0.05, 0.1) is 24.3 Å². The zero-order valence-electron chi connectivity index (χ0n) is 15.2. The molecular formula is C20H21Cl2NO4. The van der Waals surface area contributed by atoms with E-state index in [9.17, 15) is 9.59 Å². The average Bonchev–Trinajstić information content (AvgIpc) is 2.66. The van der Waals surface area contributed by atoms with Gasteiger partial charge in [-0.25, -0.2) is 4.79 Å². The SMILES string of the molecule is COC(=O)c1ccc(CN(C)C(=O)CCCOc2ccc(Cl)cc2Cl)cc1. The fourth-order valence-corrected chi connectivity index (χ4v) is 2.88. The van der Waals surface area contributed by atoms with Crippen molar-refractivity contribution in [1.29, 1.82) is 0 Å². The van der Waals surface area contributed by atoms with Crippen molar-refractivity contribution < 1.29 is 19.1 Å². The van der Waals surface area contributed by atoms with Crippen LogP contribution >= 0.6 is 23.2 Å². The second kappa shape index (κ2) is 10.2. The fourth-order valence-electron chi connectivity index (χ4n) is 2.41. The maximum atomic E-state index is 12.2. The van der Waals surface area contributed by atoms with E-state index in [2.05, 4.69) is 4.74 Å². The average molecular weight is 410 g/mol. The Kier molecular flexibility index (Phi) is 7.95. The number of rotatable bonds is 8. The van der Waals surface area contributed by atoms with Gasteiger partial charge in [0.1, 0.15) is 5.75 Å². The molecule has 0 aliphatic carbocycles. The maximum Gasteiger partial charge on any atom is 0.337 e. The van der Waals surface area contributed by atoms with E-state index in [1.54, 1.807) is 42.3 Å². The predicted octanol–water partition coefficient (Wildman–Crippen LogP) is 4.60. The molecule has 2 rings (SSSR count). The third-order valence-electron chi connectivity index (χ3n) is 3.91. The Balaban J connectivity index is 1.76. The molecule has 2 aromatic rings. The predicted molar refractivity (Wildman–Crippen MR) is 105 cm³/mol. The topological polar surface area (TPSA) is 55.8 Å². The van der Waals surface area contributed by atoms with Crippen LogP contribution in [0.15, 0.2) is 42.5 Å². The van der Waals surface area contributed by atoms with Crippen LogP contribution in [0.2, 0.25) is 10.0 Å². The van der Waals surface area contributed by atoms with Gasteiger partial charge in [-0.15, -0.1) is 0 Å². The maximum absolute atomic E-state index is 12.2. The molecule has 0 heterocycles. The van der Waals surface area contributed by atoms with Crippen LogP contribution in [0.3, 0.4) is 0 Å². The molecule has 0 atom stereocenters. The van der Waals surface area contributed by atoms with Gasteiger partial charge >= 0.3 is 5.97 Å². The number of nitrogens with zero attached hydrogens (tertiary/aromatic N) is 1. The van der Waals surface area contributed by atoms with Crippen LogP contribution in [-0.2, 0) is 16.1 Å². The van der Waals surface area contributed by atoms with E-state index in [1.807, 2.05) is 12.1 Å². The first-order chi connectivity index (χ1) is 12.9. The van der Waals surface area contributed by atoms with Gasteiger partial charge in [0, 0.05) is 25.0 Å². The molecule has 0 bridgehead atoms. The van der Waals surface area contributed by atoms with Crippen molar-refractivity contribution in [3.8, 4) is 5.75 Å². The molecule has 0 saturated heterocycles. The Morgan fingerprint density at radius 3 is 2.41 bits per heavy atom.